The van der Waals surface area contributed by atoms with E-state index >= 15 is 0 Å². The van der Waals surface area contributed by atoms with Crippen LogP contribution in [0.25, 0.3) is 0 Å². The quantitative estimate of drug-likeness (QED) is 0.881. The molecule has 7 heteroatoms. The van der Waals surface area contributed by atoms with E-state index in [1.54, 1.807) is 13.0 Å². The molecule has 3 N–H and O–H groups in total. The standard InChI is InChI=1S/C18H16FN3O3/c1-10-8-14-16(18(24)22(10)6-7-23)15(13(9-20)17(21)25-14)11-2-4-12(19)5-3-11/h2-5,8,15,23H,6-7,21H2,1H3/t15-/m1/s1. The summed E-state index contributed by atoms with van der Waals surface area (Å²) in [4.78, 5) is 13.0. The second-order valence-electron chi connectivity index (χ2n) is 5.72. The number of nitrogens with zero attached hydrogens (tertiary/aromatic N) is 2. The van der Waals surface area contributed by atoms with Crippen LogP contribution in [0, 0.1) is 24.1 Å². The number of fused-ring (bicyclic) bond motifs is 1. The highest BCUT2D eigenvalue weighted by Crippen LogP contribution is 2.40. The molecule has 1 atom stereocenters. The first-order chi connectivity index (χ1) is 12.0. The summed E-state index contributed by atoms with van der Waals surface area (Å²) in [5.41, 5.74) is 6.99. The number of pyridine rings is 1. The van der Waals surface area contributed by atoms with E-state index in [0.717, 1.165) is 0 Å². The van der Waals surface area contributed by atoms with Crippen LogP contribution in [0.15, 0.2) is 46.6 Å². The van der Waals surface area contributed by atoms with Crippen LogP contribution < -0.4 is 16.0 Å². The van der Waals surface area contributed by atoms with Crippen molar-refractivity contribution in [2.75, 3.05) is 6.61 Å². The predicted octanol–water partition coefficient (Wildman–Crippen LogP) is 1.51. The number of rotatable bonds is 3. The maximum atomic E-state index is 13.3. The average Bonchev–Trinajstić information content (AvgIpc) is 2.58. The Morgan fingerprint density at radius 2 is 2.08 bits per heavy atom. The summed E-state index contributed by atoms with van der Waals surface area (Å²) in [6, 6.07) is 9.17. The van der Waals surface area contributed by atoms with Crippen molar-refractivity contribution in [3.05, 3.63) is 74.8 Å². The lowest BCUT2D eigenvalue weighted by Crippen LogP contribution is -2.33. The van der Waals surface area contributed by atoms with Crippen molar-refractivity contribution in [3.63, 3.8) is 0 Å². The molecule has 1 aliphatic heterocycles. The molecule has 1 aromatic carbocycles. The summed E-state index contributed by atoms with van der Waals surface area (Å²) in [7, 11) is 0. The van der Waals surface area contributed by atoms with Crippen LogP contribution in [-0.2, 0) is 6.54 Å². The van der Waals surface area contributed by atoms with E-state index < -0.39 is 11.7 Å². The van der Waals surface area contributed by atoms with Gasteiger partial charge >= 0.3 is 0 Å². The molecule has 2 aromatic rings. The molecule has 0 unspecified atom stereocenters. The van der Waals surface area contributed by atoms with E-state index in [2.05, 4.69) is 0 Å². The number of hydrogen-bond acceptors (Lipinski definition) is 5. The van der Waals surface area contributed by atoms with Gasteiger partial charge in [0.25, 0.3) is 5.56 Å². The van der Waals surface area contributed by atoms with E-state index in [-0.39, 0.29) is 41.5 Å². The molecule has 2 heterocycles. The van der Waals surface area contributed by atoms with Gasteiger partial charge in [0.2, 0.25) is 5.88 Å². The summed E-state index contributed by atoms with van der Waals surface area (Å²) in [6.07, 6.45) is 0. The van der Waals surface area contributed by atoms with Crippen LogP contribution in [0.1, 0.15) is 22.7 Å². The highest BCUT2D eigenvalue weighted by atomic mass is 19.1. The van der Waals surface area contributed by atoms with Gasteiger partial charge < -0.3 is 20.1 Å². The number of allylic oxidation sites excluding steroid dienone is 1. The number of nitrogens with two attached hydrogens (primary N) is 1. The van der Waals surface area contributed by atoms with E-state index in [4.69, 9.17) is 10.5 Å². The zero-order chi connectivity index (χ0) is 18.1. The molecular formula is C18H16FN3O3. The lowest BCUT2D eigenvalue weighted by molar-refractivity contribution is 0.272. The molecule has 1 aromatic heterocycles. The maximum Gasteiger partial charge on any atom is 0.258 e. The Morgan fingerprint density at radius 3 is 2.68 bits per heavy atom. The van der Waals surface area contributed by atoms with Crippen molar-refractivity contribution in [2.24, 2.45) is 5.73 Å². The monoisotopic (exact) mass is 341 g/mol. The van der Waals surface area contributed by atoms with Gasteiger partial charge in [-0.3, -0.25) is 4.79 Å². The van der Waals surface area contributed by atoms with E-state index in [1.165, 1.54) is 28.8 Å². The first kappa shape index (κ1) is 16.7. The largest absolute Gasteiger partial charge is 0.440 e. The van der Waals surface area contributed by atoms with Crippen molar-refractivity contribution in [3.8, 4) is 11.8 Å². The third kappa shape index (κ3) is 2.77. The molecule has 128 valence electrons. The van der Waals surface area contributed by atoms with Gasteiger partial charge in [-0.2, -0.15) is 5.26 Å². The third-order valence-electron chi connectivity index (χ3n) is 4.22. The maximum absolute atomic E-state index is 13.3. The molecule has 0 saturated carbocycles. The second-order valence-corrected chi connectivity index (χ2v) is 5.72. The molecule has 0 saturated heterocycles. The summed E-state index contributed by atoms with van der Waals surface area (Å²) in [5, 5.41) is 18.7. The summed E-state index contributed by atoms with van der Waals surface area (Å²) in [5.74, 6) is -0.994. The van der Waals surface area contributed by atoms with Crippen LogP contribution in [0.5, 0.6) is 5.75 Å². The van der Waals surface area contributed by atoms with Gasteiger partial charge in [0.05, 0.1) is 18.1 Å². The minimum absolute atomic E-state index is 0.0805. The lowest BCUT2D eigenvalue weighted by atomic mass is 9.84. The van der Waals surface area contributed by atoms with Crippen molar-refractivity contribution in [2.45, 2.75) is 19.4 Å². The van der Waals surface area contributed by atoms with Crippen LogP contribution in [-0.4, -0.2) is 16.3 Å². The molecule has 0 aliphatic carbocycles. The second kappa shape index (κ2) is 6.42. The van der Waals surface area contributed by atoms with Crippen LogP contribution in [0.4, 0.5) is 4.39 Å². The molecule has 1 aliphatic rings. The number of aromatic nitrogens is 1. The highest BCUT2D eigenvalue weighted by molar-refractivity contribution is 5.55. The average molecular weight is 341 g/mol. The Kier molecular flexibility index (Phi) is 4.30. The Bertz CT molecular complexity index is 955. The molecule has 0 fully saturated rings. The van der Waals surface area contributed by atoms with Crippen molar-refractivity contribution >= 4 is 0 Å². The van der Waals surface area contributed by atoms with E-state index in [1.807, 2.05) is 6.07 Å². The Hall–Kier alpha value is -3.11. The molecule has 0 bridgehead atoms. The first-order valence-electron chi connectivity index (χ1n) is 7.66. The van der Waals surface area contributed by atoms with Crippen LogP contribution in [0.3, 0.4) is 0 Å². The fraction of sp³-hybridized carbons (Fsp3) is 0.222. The summed E-state index contributed by atoms with van der Waals surface area (Å²) < 4.78 is 20.2. The SMILES string of the molecule is Cc1cc2c(c(=O)n1CCO)[C@H](c1ccc(F)cc1)C(C#N)=C(N)O2. The number of ether oxygens (including phenoxy) is 1. The van der Waals surface area contributed by atoms with Gasteiger partial charge in [-0.25, -0.2) is 4.39 Å². The van der Waals surface area contributed by atoms with Gasteiger partial charge in [0, 0.05) is 18.3 Å². The van der Waals surface area contributed by atoms with Crippen LogP contribution >= 0.6 is 0 Å². The number of nitriles is 1. The van der Waals surface area contributed by atoms with Crippen LogP contribution in [0.2, 0.25) is 0 Å². The highest BCUT2D eigenvalue weighted by Gasteiger charge is 2.34. The number of hydrogen-bond donors (Lipinski definition) is 2. The number of halogens is 1. The van der Waals surface area contributed by atoms with E-state index in [0.29, 0.717) is 11.3 Å². The zero-order valence-electron chi connectivity index (χ0n) is 13.5. The van der Waals surface area contributed by atoms with Crippen molar-refractivity contribution in [1.29, 1.82) is 5.26 Å². The predicted molar refractivity (Wildman–Crippen MR) is 88.2 cm³/mol. The lowest BCUT2D eigenvalue weighted by Gasteiger charge is -2.27. The molecule has 3 rings (SSSR count). The van der Waals surface area contributed by atoms with E-state index in [9.17, 15) is 19.6 Å². The Morgan fingerprint density at radius 1 is 1.40 bits per heavy atom. The molecule has 0 spiro atoms. The first-order valence-corrected chi connectivity index (χ1v) is 7.66. The Balaban J connectivity index is 2.30. The number of aliphatic hydroxyl groups excluding tert-OH is 1. The molecule has 0 amide bonds. The fourth-order valence-electron chi connectivity index (χ4n) is 3.05. The Labute approximate surface area is 143 Å². The number of benzene rings is 1. The topological polar surface area (TPSA) is 101 Å². The number of aryl methyl sites for hydroxylation is 1. The molecule has 0 radical (unpaired) electrons. The van der Waals surface area contributed by atoms with Gasteiger partial charge in [0.15, 0.2) is 0 Å². The summed E-state index contributed by atoms with van der Waals surface area (Å²) in [6.45, 7) is 1.63. The molecule has 25 heavy (non-hydrogen) atoms. The van der Waals surface area contributed by atoms with Crippen molar-refractivity contribution < 1.29 is 14.2 Å². The fourth-order valence-corrected chi connectivity index (χ4v) is 3.05. The minimum Gasteiger partial charge on any atom is -0.440 e. The smallest absolute Gasteiger partial charge is 0.258 e. The molecular weight excluding hydrogens is 325 g/mol. The molecule has 6 nitrogen and oxygen atoms in total. The summed E-state index contributed by atoms with van der Waals surface area (Å²) >= 11 is 0. The van der Waals surface area contributed by atoms with Gasteiger partial charge in [-0.05, 0) is 24.6 Å². The van der Waals surface area contributed by atoms with Gasteiger partial charge in [-0.15, -0.1) is 0 Å². The normalized spacial score (nSPS) is 16.2. The minimum atomic E-state index is -0.757. The van der Waals surface area contributed by atoms with Gasteiger partial charge in [-0.1, -0.05) is 12.1 Å². The number of aliphatic hydroxyl groups is 1. The zero-order valence-corrected chi connectivity index (χ0v) is 13.5. The third-order valence-corrected chi connectivity index (χ3v) is 4.22. The van der Waals surface area contributed by atoms with Crippen molar-refractivity contribution in [1.82, 2.24) is 4.57 Å². The van der Waals surface area contributed by atoms with Gasteiger partial charge in [0.1, 0.15) is 23.2 Å².